The first-order valence-corrected chi connectivity index (χ1v) is 10.7. The van der Waals surface area contributed by atoms with Crippen LogP contribution < -0.4 is 10.2 Å². The largest absolute Gasteiger partial charge is 0.379 e. The van der Waals surface area contributed by atoms with E-state index in [2.05, 4.69) is 61.4 Å². The van der Waals surface area contributed by atoms with Crippen molar-refractivity contribution in [3.8, 4) is 0 Å². The Balaban J connectivity index is 1.28. The molecule has 0 saturated carbocycles. The predicted octanol–water partition coefficient (Wildman–Crippen LogP) is 1.85. The van der Waals surface area contributed by atoms with Gasteiger partial charge in [-0.1, -0.05) is 30.3 Å². The molecular weight excluding hydrogens is 364 g/mol. The molecule has 2 fully saturated rings. The third kappa shape index (κ3) is 5.88. The maximum Gasteiger partial charge on any atom is 0.134 e. The zero-order chi connectivity index (χ0) is 19.9. The van der Waals surface area contributed by atoms with Crippen LogP contribution in [0.15, 0.2) is 36.4 Å². The molecule has 0 radical (unpaired) electrons. The Hall–Kier alpha value is -2.22. The van der Waals surface area contributed by atoms with Crippen molar-refractivity contribution in [1.82, 2.24) is 19.8 Å². The Morgan fingerprint density at radius 2 is 1.69 bits per heavy atom. The number of ether oxygens (including phenoxy) is 1. The maximum absolute atomic E-state index is 5.41. The van der Waals surface area contributed by atoms with Crippen LogP contribution >= 0.6 is 0 Å². The van der Waals surface area contributed by atoms with Gasteiger partial charge in [-0.3, -0.25) is 9.80 Å². The van der Waals surface area contributed by atoms with Gasteiger partial charge in [0.2, 0.25) is 0 Å². The number of morpholine rings is 1. The van der Waals surface area contributed by atoms with Gasteiger partial charge in [0.1, 0.15) is 17.5 Å². The molecule has 1 N–H and O–H groups in total. The van der Waals surface area contributed by atoms with Crippen molar-refractivity contribution >= 4 is 11.6 Å². The van der Waals surface area contributed by atoms with E-state index in [0.717, 1.165) is 89.6 Å². The zero-order valence-corrected chi connectivity index (χ0v) is 17.4. The normalized spacial score (nSPS) is 18.7. The van der Waals surface area contributed by atoms with E-state index in [9.17, 15) is 0 Å². The van der Waals surface area contributed by atoms with Crippen LogP contribution in [-0.4, -0.2) is 85.3 Å². The van der Waals surface area contributed by atoms with Gasteiger partial charge in [-0.2, -0.15) is 0 Å². The molecule has 156 valence electrons. The molecule has 29 heavy (non-hydrogen) atoms. The maximum atomic E-state index is 5.41. The second kappa shape index (κ2) is 10.0. The fourth-order valence-corrected chi connectivity index (χ4v) is 3.95. The van der Waals surface area contributed by atoms with Gasteiger partial charge in [-0.25, -0.2) is 9.97 Å². The van der Waals surface area contributed by atoms with Crippen LogP contribution in [0.1, 0.15) is 11.4 Å². The molecule has 4 rings (SSSR count). The van der Waals surface area contributed by atoms with Gasteiger partial charge in [-0.15, -0.1) is 0 Å². The highest BCUT2D eigenvalue weighted by molar-refractivity contribution is 5.49. The molecule has 0 aliphatic carbocycles. The molecule has 7 heteroatoms. The average Bonchev–Trinajstić information content (AvgIpc) is 2.75. The topological polar surface area (TPSA) is 56.8 Å². The first-order valence-electron chi connectivity index (χ1n) is 10.7. The van der Waals surface area contributed by atoms with E-state index in [4.69, 9.17) is 9.72 Å². The van der Waals surface area contributed by atoms with Gasteiger partial charge in [-0.05, 0) is 12.5 Å². The van der Waals surface area contributed by atoms with Crippen molar-refractivity contribution < 1.29 is 4.74 Å². The fourth-order valence-electron chi connectivity index (χ4n) is 3.95. The van der Waals surface area contributed by atoms with Gasteiger partial charge in [0.15, 0.2) is 0 Å². The highest BCUT2D eigenvalue weighted by atomic mass is 16.5. The molecule has 2 aliphatic rings. The third-order valence-corrected chi connectivity index (χ3v) is 5.61. The molecule has 3 heterocycles. The highest BCUT2D eigenvalue weighted by Crippen LogP contribution is 2.18. The number of anilines is 2. The number of nitrogens with zero attached hydrogens (tertiary/aromatic N) is 5. The van der Waals surface area contributed by atoms with E-state index in [1.165, 1.54) is 5.56 Å². The number of aromatic nitrogens is 2. The lowest BCUT2D eigenvalue weighted by molar-refractivity contribution is 0.0398. The minimum atomic E-state index is 0.822. The number of benzene rings is 1. The number of hydrogen-bond donors (Lipinski definition) is 1. The zero-order valence-electron chi connectivity index (χ0n) is 17.4. The van der Waals surface area contributed by atoms with Gasteiger partial charge in [0, 0.05) is 65.0 Å². The summed E-state index contributed by atoms with van der Waals surface area (Å²) in [6, 6.07) is 12.8. The minimum Gasteiger partial charge on any atom is -0.379 e. The second-order valence-corrected chi connectivity index (χ2v) is 7.79. The van der Waals surface area contributed by atoms with Crippen molar-refractivity contribution in [1.29, 1.82) is 0 Å². The van der Waals surface area contributed by atoms with E-state index < -0.39 is 0 Å². The number of nitrogens with one attached hydrogen (secondary N) is 1. The van der Waals surface area contributed by atoms with Crippen molar-refractivity contribution in [2.75, 3.05) is 75.8 Å². The standard InChI is InChI=1S/C22H32N6O/c1-19-24-21(23-7-8-26-13-15-29-16-14-26)17-22(25-19)28-11-9-27(10-12-28)18-20-5-3-2-4-6-20/h2-6,17H,7-16,18H2,1H3,(H,23,24,25). The van der Waals surface area contributed by atoms with E-state index in [1.807, 2.05) is 6.92 Å². The summed E-state index contributed by atoms with van der Waals surface area (Å²) in [6.07, 6.45) is 0. The number of hydrogen-bond acceptors (Lipinski definition) is 7. The van der Waals surface area contributed by atoms with Crippen molar-refractivity contribution in [3.05, 3.63) is 47.8 Å². The van der Waals surface area contributed by atoms with Crippen LogP contribution in [0.2, 0.25) is 0 Å². The molecule has 0 spiro atoms. The number of piperazine rings is 1. The lowest BCUT2D eigenvalue weighted by Crippen LogP contribution is -2.46. The van der Waals surface area contributed by atoms with E-state index >= 15 is 0 Å². The number of aryl methyl sites for hydroxylation is 1. The molecule has 2 aromatic rings. The summed E-state index contributed by atoms with van der Waals surface area (Å²) in [6.45, 7) is 12.7. The SMILES string of the molecule is Cc1nc(NCCN2CCOCC2)cc(N2CCN(Cc3ccccc3)CC2)n1. The molecule has 1 aromatic heterocycles. The lowest BCUT2D eigenvalue weighted by atomic mass is 10.2. The van der Waals surface area contributed by atoms with Crippen LogP contribution in [0.3, 0.4) is 0 Å². The Morgan fingerprint density at radius 1 is 0.931 bits per heavy atom. The van der Waals surface area contributed by atoms with E-state index in [-0.39, 0.29) is 0 Å². The monoisotopic (exact) mass is 396 g/mol. The van der Waals surface area contributed by atoms with Gasteiger partial charge >= 0.3 is 0 Å². The van der Waals surface area contributed by atoms with E-state index in [1.54, 1.807) is 0 Å². The third-order valence-electron chi connectivity index (χ3n) is 5.61. The summed E-state index contributed by atoms with van der Waals surface area (Å²) in [7, 11) is 0. The molecular formula is C22H32N6O. The van der Waals surface area contributed by atoms with Gasteiger partial charge < -0.3 is 15.0 Å². The van der Waals surface area contributed by atoms with Crippen LogP contribution in [0, 0.1) is 6.92 Å². The van der Waals surface area contributed by atoms with Gasteiger partial charge in [0.05, 0.1) is 13.2 Å². The molecule has 0 atom stereocenters. The molecule has 0 bridgehead atoms. The fraction of sp³-hybridized carbons (Fsp3) is 0.545. The Labute approximate surface area is 173 Å². The summed E-state index contributed by atoms with van der Waals surface area (Å²) < 4.78 is 5.41. The lowest BCUT2D eigenvalue weighted by Gasteiger charge is -2.35. The first kappa shape index (κ1) is 20.1. The minimum absolute atomic E-state index is 0.822. The summed E-state index contributed by atoms with van der Waals surface area (Å²) >= 11 is 0. The Bertz CT molecular complexity index is 757. The number of rotatable bonds is 7. The van der Waals surface area contributed by atoms with Crippen LogP contribution in [-0.2, 0) is 11.3 Å². The van der Waals surface area contributed by atoms with Crippen LogP contribution in [0.25, 0.3) is 0 Å². The molecule has 7 nitrogen and oxygen atoms in total. The molecule has 2 aliphatic heterocycles. The smallest absolute Gasteiger partial charge is 0.134 e. The molecule has 0 unspecified atom stereocenters. The summed E-state index contributed by atoms with van der Waals surface area (Å²) in [4.78, 5) is 16.6. The average molecular weight is 397 g/mol. The quantitative estimate of drug-likeness (QED) is 0.766. The van der Waals surface area contributed by atoms with Crippen LogP contribution in [0.5, 0.6) is 0 Å². The van der Waals surface area contributed by atoms with Crippen molar-refractivity contribution in [3.63, 3.8) is 0 Å². The van der Waals surface area contributed by atoms with Crippen molar-refractivity contribution in [2.45, 2.75) is 13.5 Å². The van der Waals surface area contributed by atoms with Crippen molar-refractivity contribution in [2.24, 2.45) is 0 Å². The Kier molecular flexibility index (Phi) is 6.92. The van der Waals surface area contributed by atoms with Crippen LogP contribution in [0.4, 0.5) is 11.6 Å². The van der Waals surface area contributed by atoms with E-state index in [0.29, 0.717) is 0 Å². The molecule has 2 saturated heterocycles. The molecule has 1 aromatic carbocycles. The second-order valence-electron chi connectivity index (χ2n) is 7.79. The molecule has 0 amide bonds. The Morgan fingerprint density at radius 3 is 2.45 bits per heavy atom. The van der Waals surface area contributed by atoms with Gasteiger partial charge in [0.25, 0.3) is 0 Å². The summed E-state index contributed by atoms with van der Waals surface area (Å²) in [5.74, 6) is 2.78. The summed E-state index contributed by atoms with van der Waals surface area (Å²) in [5.41, 5.74) is 1.38. The predicted molar refractivity (Wildman–Crippen MR) is 116 cm³/mol. The highest BCUT2D eigenvalue weighted by Gasteiger charge is 2.19. The summed E-state index contributed by atoms with van der Waals surface area (Å²) in [5, 5.41) is 3.48. The first-order chi connectivity index (χ1) is 14.3.